The summed E-state index contributed by atoms with van der Waals surface area (Å²) < 4.78 is 4.92. The maximum Gasteiger partial charge on any atom is 0.305 e. The molecule has 0 spiro atoms. The van der Waals surface area contributed by atoms with E-state index < -0.39 is 18.8 Å². The molecule has 0 radical (unpaired) electrons. The molecule has 0 aromatic carbocycles. The first-order chi connectivity index (χ1) is 14.4. The van der Waals surface area contributed by atoms with Gasteiger partial charge in [-0.15, -0.1) is 0 Å². The van der Waals surface area contributed by atoms with E-state index in [4.69, 9.17) is 9.84 Å². The molecule has 0 aromatic heterocycles. The van der Waals surface area contributed by atoms with E-state index in [1.54, 1.807) is 0 Å². The Kier molecular flexibility index (Phi) is 11.7. The van der Waals surface area contributed by atoms with Gasteiger partial charge in [0.25, 0.3) is 0 Å². The average molecular weight is 445 g/mol. The number of esters is 1. The van der Waals surface area contributed by atoms with Crippen molar-refractivity contribution in [2.75, 3.05) is 13.2 Å². The van der Waals surface area contributed by atoms with Gasteiger partial charge in [-0.2, -0.15) is 11.8 Å². The fraction of sp³-hybridized carbons (Fsp3) is 0.870. The predicted molar refractivity (Wildman–Crippen MR) is 119 cm³/mol. The lowest BCUT2D eigenvalue weighted by molar-refractivity contribution is -0.147. The number of thioether (sulfide) groups is 1. The predicted octanol–water partition coefficient (Wildman–Crippen LogP) is 2.81. The third-order valence-corrected chi connectivity index (χ3v) is 7.96. The number of fused-ring (bicyclic) bond motifs is 1. The maximum atomic E-state index is 11.6. The summed E-state index contributed by atoms with van der Waals surface area (Å²) in [6.07, 6.45) is 11.4. The van der Waals surface area contributed by atoms with Gasteiger partial charge in [0.1, 0.15) is 12.7 Å². The molecule has 7 atom stereocenters. The Balaban J connectivity index is 1.66. The van der Waals surface area contributed by atoms with Crippen LogP contribution in [-0.2, 0) is 9.53 Å². The van der Waals surface area contributed by atoms with Gasteiger partial charge in [-0.25, -0.2) is 0 Å². The fourth-order valence-electron chi connectivity index (χ4n) is 4.54. The molecule has 7 heteroatoms. The van der Waals surface area contributed by atoms with Crippen molar-refractivity contribution < 1.29 is 30.0 Å². The molecule has 0 aromatic rings. The van der Waals surface area contributed by atoms with E-state index in [9.17, 15) is 20.1 Å². The molecule has 1 aliphatic carbocycles. The molecule has 2 unspecified atom stereocenters. The van der Waals surface area contributed by atoms with E-state index in [0.29, 0.717) is 22.8 Å². The van der Waals surface area contributed by atoms with Crippen LogP contribution in [0, 0.1) is 11.8 Å². The zero-order valence-electron chi connectivity index (χ0n) is 18.2. The summed E-state index contributed by atoms with van der Waals surface area (Å²) >= 11 is 1.98. The van der Waals surface area contributed by atoms with Crippen molar-refractivity contribution >= 4 is 17.7 Å². The number of unbranched alkanes of at least 4 members (excludes halogenated alkanes) is 3. The molecule has 0 bridgehead atoms. The first-order valence-electron chi connectivity index (χ1n) is 11.6. The van der Waals surface area contributed by atoms with Crippen LogP contribution in [0.5, 0.6) is 0 Å². The minimum Gasteiger partial charge on any atom is -0.463 e. The summed E-state index contributed by atoms with van der Waals surface area (Å²) in [5.41, 5.74) is 0. The number of carbonyl (C=O) groups excluding carboxylic acids is 1. The van der Waals surface area contributed by atoms with Crippen LogP contribution in [0.4, 0.5) is 0 Å². The van der Waals surface area contributed by atoms with Crippen LogP contribution in [-0.4, -0.2) is 68.4 Å². The van der Waals surface area contributed by atoms with Crippen LogP contribution in [0.2, 0.25) is 0 Å². The quantitative estimate of drug-likeness (QED) is 0.185. The Morgan fingerprint density at radius 3 is 2.73 bits per heavy atom. The van der Waals surface area contributed by atoms with E-state index in [1.807, 2.05) is 17.8 Å². The highest BCUT2D eigenvalue weighted by molar-refractivity contribution is 8.00. The van der Waals surface area contributed by atoms with Gasteiger partial charge in [-0.05, 0) is 38.0 Å². The highest BCUT2D eigenvalue weighted by atomic mass is 32.2. The first kappa shape index (κ1) is 25.7. The molecule has 1 saturated carbocycles. The van der Waals surface area contributed by atoms with Crippen LogP contribution >= 0.6 is 11.8 Å². The van der Waals surface area contributed by atoms with E-state index in [1.165, 1.54) is 0 Å². The molecule has 0 amide bonds. The van der Waals surface area contributed by atoms with Crippen LogP contribution < -0.4 is 0 Å². The normalized spacial score (nSPS) is 30.5. The van der Waals surface area contributed by atoms with Gasteiger partial charge < -0.3 is 25.2 Å². The minimum absolute atomic E-state index is 0.140. The molecular weight excluding hydrogens is 404 g/mol. The average Bonchev–Trinajstić information content (AvgIpc) is 3.24. The largest absolute Gasteiger partial charge is 0.463 e. The Labute approximate surface area is 185 Å². The number of aliphatic hydroxyl groups excluding tert-OH is 4. The third kappa shape index (κ3) is 8.50. The summed E-state index contributed by atoms with van der Waals surface area (Å²) in [6, 6.07) is 0. The number of hydrogen-bond donors (Lipinski definition) is 4. The third-order valence-electron chi connectivity index (χ3n) is 6.26. The fourth-order valence-corrected chi connectivity index (χ4v) is 6.48. The van der Waals surface area contributed by atoms with E-state index in [0.717, 1.165) is 57.8 Å². The lowest BCUT2D eigenvalue weighted by atomic mass is 9.89. The van der Waals surface area contributed by atoms with Crippen LogP contribution in [0.25, 0.3) is 0 Å². The van der Waals surface area contributed by atoms with Gasteiger partial charge in [-0.1, -0.05) is 44.8 Å². The number of rotatable bonds is 14. The van der Waals surface area contributed by atoms with Crippen molar-refractivity contribution in [2.45, 2.75) is 99.9 Å². The Morgan fingerprint density at radius 1 is 1.20 bits per heavy atom. The zero-order valence-corrected chi connectivity index (χ0v) is 19.0. The SMILES string of the molecule is CCCCC[C@H](O)/C=C/[C@@H]1[C@H]2CC(CCCCC(=O)OCC(O)CO)S[C@@H]2C[C@H]1O. The molecule has 6 nitrogen and oxygen atoms in total. The summed E-state index contributed by atoms with van der Waals surface area (Å²) in [7, 11) is 0. The number of carbonyl (C=O) groups is 1. The molecule has 1 heterocycles. The van der Waals surface area contributed by atoms with Crippen LogP contribution in [0.15, 0.2) is 12.2 Å². The molecule has 2 rings (SSSR count). The van der Waals surface area contributed by atoms with Gasteiger partial charge in [-0.3, -0.25) is 4.79 Å². The second kappa shape index (κ2) is 13.7. The lowest BCUT2D eigenvalue weighted by Crippen LogP contribution is -2.21. The molecule has 174 valence electrons. The van der Waals surface area contributed by atoms with Crippen molar-refractivity contribution in [1.29, 1.82) is 0 Å². The number of aliphatic hydroxyl groups is 4. The smallest absolute Gasteiger partial charge is 0.305 e. The number of ether oxygens (including phenoxy) is 1. The maximum absolute atomic E-state index is 11.6. The highest BCUT2D eigenvalue weighted by Crippen LogP contribution is 2.52. The Morgan fingerprint density at radius 2 is 2.00 bits per heavy atom. The Bertz CT molecular complexity index is 528. The minimum atomic E-state index is -1.00. The topological polar surface area (TPSA) is 107 Å². The summed E-state index contributed by atoms with van der Waals surface area (Å²) in [5, 5.41) is 39.6. The monoisotopic (exact) mass is 444 g/mol. The summed E-state index contributed by atoms with van der Waals surface area (Å²) in [6.45, 7) is 1.60. The van der Waals surface area contributed by atoms with Crippen molar-refractivity contribution in [2.24, 2.45) is 11.8 Å². The van der Waals surface area contributed by atoms with E-state index in [-0.39, 0.29) is 24.6 Å². The molecule has 2 fully saturated rings. The van der Waals surface area contributed by atoms with Gasteiger partial charge in [0.15, 0.2) is 0 Å². The molecule has 1 saturated heterocycles. The van der Waals surface area contributed by atoms with Gasteiger partial charge in [0, 0.05) is 22.8 Å². The summed E-state index contributed by atoms with van der Waals surface area (Å²) in [4.78, 5) is 11.6. The summed E-state index contributed by atoms with van der Waals surface area (Å²) in [5.74, 6) is 0.282. The second-order valence-corrected chi connectivity index (χ2v) is 10.3. The number of hydrogen-bond acceptors (Lipinski definition) is 7. The van der Waals surface area contributed by atoms with Crippen molar-refractivity contribution in [3.63, 3.8) is 0 Å². The molecule has 1 aliphatic heterocycles. The van der Waals surface area contributed by atoms with Gasteiger partial charge in [0.2, 0.25) is 0 Å². The molecule has 4 N–H and O–H groups in total. The Hall–Kier alpha value is -0.600. The zero-order chi connectivity index (χ0) is 21.9. The van der Waals surface area contributed by atoms with Crippen molar-refractivity contribution in [3.05, 3.63) is 12.2 Å². The molecular formula is C23H40O6S. The standard InChI is InChI=1S/C23H40O6S/c1-2-3-4-7-16(25)10-11-19-20-12-18(30-22(20)13-21(19)27)8-5-6-9-23(28)29-15-17(26)14-24/h10-11,16-22,24-27H,2-9,12-15H2,1H3/b11-10+/t16-,17?,18?,19+,20+,21+,22+/m0/s1. The van der Waals surface area contributed by atoms with Crippen LogP contribution in [0.3, 0.4) is 0 Å². The van der Waals surface area contributed by atoms with Crippen molar-refractivity contribution in [3.8, 4) is 0 Å². The second-order valence-electron chi connectivity index (χ2n) is 8.79. The lowest BCUT2D eigenvalue weighted by Gasteiger charge is -2.18. The van der Waals surface area contributed by atoms with Gasteiger partial charge in [0.05, 0.1) is 18.8 Å². The molecule has 30 heavy (non-hydrogen) atoms. The highest BCUT2D eigenvalue weighted by Gasteiger charge is 2.47. The van der Waals surface area contributed by atoms with E-state index in [2.05, 4.69) is 13.0 Å². The van der Waals surface area contributed by atoms with Gasteiger partial charge >= 0.3 is 5.97 Å². The molecule has 2 aliphatic rings. The van der Waals surface area contributed by atoms with Crippen LogP contribution in [0.1, 0.15) is 71.1 Å². The van der Waals surface area contributed by atoms with E-state index >= 15 is 0 Å². The first-order valence-corrected chi connectivity index (χ1v) is 12.5. The van der Waals surface area contributed by atoms with Crippen molar-refractivity contribution in [1.82, 2.24) is 0 Å².